The fourth-order valence-electron chi connectivity index (χ4n) is 2.26. The standard InChI is InChI=1S/C16H25BrN2O/c1-11(13-7-5-6-8-14(13)17)19-15(20)12(10-18)9-16(2,3)4/h5-8,11-12H,9-10,18H2,1-4H3,(H,19,20)/t11-,12?/m0/s1. The van der Waals surface area contributed by atoms with Crippen molar-refractivity contribution in [3.63, 3.8) is 0 Å². The number of rotatable bonds is 5. The molecule has 0 bridgehead atoms. The van der Waals surface area contributed by atoms with E-state index >= 15 is 0 Å². The Bertz CT molecular complexity index is 454. The maximum Gasteiger partial charge on any atom is 0.224 e. The lowest BCUT2D eigenvalue weighted by Gasteiger charge is -2.26. The van der Waals surface area contributed by atoms with E-state index < -0.39 is 0 Å². The summed E-state index contributed by atoms with van der Waals surface area (Å²) in [5, 5.41) is 3.06. The van der Waals surface area contributed by atoms with E-state index in [0.29, 0.717) is 6.54 Å². The number of amides is 1. The molecule has 0 fully saturated rings. The van der Waals surface area contributed by atoms with Gasteiger partial charge in [0, 0.05) is 11.0 Å². The average Bonchev–Trinajstić information content (AvgIpc) is 2.35. The molecule has 0 saturated heterocycles. The van der Waals surface area contributed by atoms with Crippen LogP contribution in [0.5, 0.6) is 0 Å². The van der Waals surface area contributed by atoms with Gasteiger partial charge in [0.2, 0.25) is 5.91 Å². The summed E-state index contributed by atoms with van der Waals surface area (Å²) in [6.45, 7) is 8.74. The van der Waals surface area contributed by atoms with Crippen molar-refractivity contribution in [2.45, 2.75) is 40.2 Å². The largest absolute Gasteiger partial charge is 0.349 e. The molecule has 0 aromatic heterocycles. The number of nitrogens with one attached hydrogen (secondary N) is 1. The predicted octanol–water partition coefficient (Wildman–Crippen LogP) is 3.64. The molecule has 1 amide bonds. The summed E-state index contributed by atoms with van der Waals surface area (Å²) in [7, 11) is 0. The molecule has 4 heteroatoms. The Kier molecular flexibility index (Phi) is 6.21. The first-order chi connectivity index (χ1) is 9.24. The van der Waals surface area contributed by atoms with Crippen LogP contribution in [0, 0.1) is 11.3 Å². The van der Waals surface area contributed by atoms with Gasteiger partial charge in [0.1, 0.15) is 0 Å². The van der Waals surface area contributed by atoms with Crippen LogP contribution in [0.3, 0.4) is 0 Å². The molecule has 0 aliphatic rings. The van der Waals surface area contributed by atoms with Crippen LogP contribution in [-0.2, 0) is 4.79 Å². The maximum atomic E-state index is 12.3. The van der Waals surface area contributed by atoms with Gasteiger partial charge >= 0.3 is 0 Å². The third-order valence-electron chi connectivity index (χ3n) is 3.24. The summed E-state index contributed by atoms with van der Waals surface area (Å²) in [6.07, 6.45) is 0.790. The van der Waals surface area contributed by atoms with Gasteiger partial charge in [-0.15, -0.1) is 0 Å². The Hall–Kier alpha value is -0.870. The number of carbonyl (C=O) groups is 1. The van der Waals surface area contributed by atoms with Gasteiger partial charge in [-0.3, -0.25) is 4.79 Å². The van der Waals surface area contributed by atoms with Crippen LogP contribution in [0.15, 0.2) is 28.7 Å². The molecule has 2 atom stereocenters. The van der Waals surface area contributed by atoms with Gasteiger partial charge in [0.05, 0.1) is 12.0 Å². The first-order valence-electron chi connectivity index (χ1n) is 6.99. The van der Waals surface area contributed by atoms with Gasteiger partial charge < -0.3 is 11.1 Å². The summed E-state index contributed by atoms with van der Waals surface area (Å²) in [5.74, 6) is -0.106. The van der Waals surface area contributed by atoms with Crippen molar-refractivity contribution in [2.75, 3.05) is 6.54 Å². The molecular formula is C16H25BrN2O. The van der Waals surface area contributed by atoms with Gasteiger partial charge in [-0.25, -0.2) is 0 Å². The minimum atomic E-state index is -0.139. The lowest BCUT2D eigenvalue weighted by Crippen LogP contribution is -2.38. The smallest absolute Gasteiger partial charge is 0.224 e. The lowest BCUT2D eigenvalue weighted by molar-refractivity contribution is -0.126. The zero-order chi connectivity index (χ0) is 15.3. The first-order valence-corrected chi connectivity index (χ1v) is 7.79. The molecule has 0 saturated carbocycles. The van der Waals surface area contributed by atoms with E-state index in [1.54, 1.807) is 0 Å². The van der Waals surface area contributed by atoms with Crippen molar-refractivity contribution >= 4 is 21.8 Å². The van der Waals surface area contributed by atoms with E-state index in [1.807, 2.05) is 31.2 Å². The fraction of sp³-hybridized carbons (Fsp3) is 0.562. The van der Waals surface area contributed by atoms with Gasteiger partial charge in [0.15, 0.2) is 0 Å². The Balaban J connectivity index is 2.71. The molecule has 112 valence electrons. The topological polar surface area (TPSA) is 55.1 Å². The highest BCUT2D eigenvalue weighted by atomic mass is 79.9. The second kappa shape index (κ2) is 7.23. The lowest BCUT2D eigenvalue weighted by atomic mass is 9.84. The van der Waals surface area contributed by atoms with Crippen molar-refractivity contribution in [3.05, 3.63) is 34.3 Å². The highest BCUT2D eigenvalue weighted by molar-refractivity contribution is 9.10. The maximum absolute atomic E-state index is 12.3. The molecule has 1 rings (SSSR count). The molecule has 1 aromatic rings. The normalized spacial score (nSPS) is 14.7. The molecule has 20 heavy (non-hydrogen) atoms. The van der Waals surface area contributed by atoms with E-state index in [4.69, 9.17) is 5.73 Å². The molecule has 0 radical (unpaired) electrons. The monoisotopic (exact) mass is 340 g/mol. The summed E-state index contributed by atoms with van der Waals surface area (Å²) in [6, 6.07) is 7.89. The minimum Gasteiger partial charge on any atom is -0.349 e. The molecule has 0 aliphatic carbocycles. The van der Waals surface area contributed by atoms with Crippen LogP contribution in [0.2, 0.25) is 0 Å². The van der Waals surface area contributed by atoms with Gasteiger partial charge in [-0.1, -0.05) is 54.9 Å². The SMILES string of the molecule is C[C@H](NC(=O)C(CN)CC(C)(C)C)c1ccccc1Br. The number of carbonyl (C=O) groups excluding carboxylic acids is 1. The molecule has 0 heterocycles. The van der Waals surface area contributed by atoms with Crippen molar-refractivity contribution in [1.82, 2.24) is 5.32 Å². The van der Waals surface area contributed by atoms with Crippen LogP contribution < -0.4 is 11.1 Å². The van der Waals surface area contributed by atoms with Crippen LogP contribution in [0.25, 0.3) is 0 Å². The highest BCUT2D eigenvalue weighted by Gasteiger charge is 2.25. The number of hydrogen-bond donors (Lipinski definition) is 2. The van der Waals surface area contributed by atoms with Gasteiger partial charge in [0.25, 0.3) is 0 Å². The molecule has 1 aromatic carbocycles. The van der Waals surface area contributed by atoms with E-state index in [0.717, 1.165) is 16.5 Å². The number of hydrogen-bond acceptors (Lipinski definition) is 2. The van der Waals surface area contributed by atoms with Gasteiger partial charge in [-0.2, -0.15) is 0 Å². The fourth-order valence-corrected chi connectivity index (χ4v) is 2.89. The summed E-state index contributed by atoms with van der Waals surface area (Å²) < 4.78 is 1.01. The Morgan fingerprint density at radius 3 is 2.45 bits per heavy atom. The Morgan fingerprint density at radius 2 is 1.95 bits per heavy atom. The number of benzene rings is 1. The van der Waals surface area contributed by atoms with Crippen LogP contribution in [0.4, 0.5) is 0 Å². The van der Waals surface area contributed by atoms with E-state index in [2.05, 4.69) is 42.0 Å². The average molecular weight is 341 g/mol. The molecule has 1 unspecified atom stereocenters. The van der Waals surface area contributed by atoms with E-state index in [-0.39, 0.29) is 23.3 Å². The Morgan fingerprint density at radius 1 is 1.35 bits per heavy atom. The molecular weight excluding hydrogens is 316 g/mol. The summed E-state index contributed by atoms with van der Waals surface area (Å²) in [4.78, 5) is 12.3. The predicted molar refractivity (Wildman–Crippen MR) is 87.3 cm³/mol. The highest BCUT2D eigenvalue weighted by Crippen LogP contribution is 2.26. The third-order valence-corrected chi connectivity index (χ3v) is 3.97. The number of nitrogens with two attached hydrogens (primary N) is 1. The van der Waals surface area contributed by atoms with Crippen molar-refractivity contribution < 1.29 is 4.79 Å². The Labute approximate surface area is 130 Å². The van der Waals surface area contributed by atoms with Gasteiger partial charge in [-0.05, 0) is 30.4 Å². The number of halogens is 1. The summed E-state index contributed by atoms with van der Waals surface area (Å²) >= 11 is 3.51. The molecule has 0 spiro atoms. The molecule has 0 aliphatic heterocycles. The van der Waals surface area contributed by atoms with E-state index in [9.17, 15) is 4.79 Å². The zero-order valence-corrected chi connectivity index (χ0v) is 14.3. The van der Waals surface area contributed by atoms with Crippen LogP contribution in [-0.4, -0.2) is 12.5 Å². The first kappa shape index (κ1) is 17.2. The van der Waals surface area contributed by atoms with E-state index in [1.165, 1.54) is 0 Å². The van der Waals surface area contributed by atoms with Crippen molar-refractivity contribution in [2.24, 2.45) is 17.1 Å². The quantitative estimate of drug-likeness (QED) is 0.859. The minimum absolute atomic E-state index is 0.0330. The van der Waals surface area contributed by atoms with Crippen LogP contribution in [0.1, 0.15) is 45.7 Å². The third kappa shape index (κ3) is 5.25. The second-order valence-corrected chi connectivity index (χ2v) is 7.30. The molecule has 3 N–H and O–H groups in total. The second-order valence-electron chi connectivity index (χ2n) is 6.45. The summed E-state index contributed by atoms with van der Waals surface area (Å²) in [5.41, 5.74) is 6.93. The molecule has 3 nitrogen and oxygen atoms in total. The van der Waals surface area contributed by atoms with Crippen molar-refractivity contribution in [1.29, 1.82) is 0 Å². The van der Waals surface area contributed by atoms with Crippen LogP contribution >= 0.6 is 15.9 Å². The zero-order valence-electron chi connectivity index (χ0n) is 12.7. The van der Waals surface area contributed by atoms with Crippen molar-refractivity contribution in [3.8, 4) is 0 Å².